The lowest BCUT2D eigenvalue weighted by molar-refractivity contribution is 0.576. The third-order valence-corrected chi connectivity index (χ3v) is 3.44. The fourth-order valence-corrected chi connectivity index (χ4v) is 2.11. The van der Waals surface area contributed by atoms with Gasteiger partial charge in [-0.15, -0.1) is 0 Å². The highest BCUT2D eigenvalue weighted by Crippen LogP contribution is 2.32. The fraction of sp³-hybridized carbons (Fsp3) is 0.0769. The Morgan fingerprint density at radius 3 is 2.44 bits per heavy atom. The van der Waals surface area contributed by atoms with E-state index in [0.717, 1.165) is 18.2 Å². The topological polar surface area (TPSA) is 26.0 Å². The van der Waals surface area contributed by atoms with Gasteiger partial charge in [-0.1, -0.05) is 35.3 Å². The molecule has 1 nitrogen and oxygen atoms in total. The van der Waals surface area contributed by atoms with Crippen LogP contribution in [0, 0.1) is 11.6 Å². The molecule has 18 heavy (non-hydrogen) atoms. The summed E-state index contributed by atoms with van der Waals surface area (Å²) in [4.78, 5) is 0. The van der Waals surface area contributed by atoms with Crippen molar-refractivity contribution in [2.75, 3.05) is 0 Å². The zero-order valence-electron chi connectivity index (χ0n) is 9.13. The van der Waals surface area contributed by atoms with Gasteiger partial charge in [-0.2, -0.15) is 0 Å². The number of hydrogen-bond donors (Lipinski definition) is 1. The van der Waals surface area contributed by atoms with Crippen molar-refractivity contribution in [3.63, 3.8) is 0 Å². The van der Waals surface area contributed by atoms with Gasteiger partial charge in [0.15, 0.2) is 0 Å². The van der Waals surface area contributed by atoms with Gasteiger partial charge in [0.2, 0.25) is 0 Å². The van der Waals surface area contributed by atoms with E-state index < -0.39 is 17.7 Å². The van der Waals surface area contributed by atoms with Crippen LogP contribution in [-0.2, 0) is 0 Å². The predicted molar refractivity (Wildman–Crippen MR) is 68.9 cm³/mol. The Morgan fingerprint density at radius 2 is 1.72 bits per heavy atom. The number of rotatable bonds is 2. The van der Waals surface area contributed by atoms with E-state index in [-0.39, 0.29) is 10.6 Å². The fourth-order valence-electron chi connectivity index (χ4n) is 1.68. The minimum atomic E-state index is -0.869. The third-order valence-electron chi connectivity index (χ3n) is 2.61. The van der Waals surface area contributed by atoms with Crippen molar-refractivity contribution in [1.29, 1.82) is 0 Å². The SMILES string of the molecule is NC(c1cc(F)ccc1F)c1cccc(Cl)c1Cl. The zero-order chi connectivity index (χ0) is 13.3. The van der Waals surface area contributed by atoms with Gasteiger partial charge in [0, 0.05) is 5.56 Å². The van der Waals surface area contributed by atoms with Crippen LogP contribution in [0.3, 0.4) is 0 Å². The van der Waals surface area contributed by atoms with Gasteiger partial charge >= 0.3 is 0 Å². The van der Waals surface area contributed by atoms with Crippen molar-refractivity contribution in [3.8, 4) is 0 Å². The summed E-state index contributed by atoms with van der Waals surface area (Å²) in [5, 5.41) is 0.566. The van der Waals surface area contributed by atoms with Gasteiger partial charge in [0.25, 0.3) is 0 Å². The van der Waals surface area contributed by atoms with Gasteiger partial charge in [-0.3, -0.25) is 0 Å². The van der Waals surface area contributed by atoms with Gasteiger partial charge in [0.1, 0.15) is 11.6 Å². The second-order valence-corrected chi connectivity index (χ2v) is 4.57. The summed E-state index contributed by atoms with van der Waals surface area (Å²) >= 11 is 11.9. The van der Waals surface area contributed by atoms with Crippen LogP contribution in [-0.4, -0.2) is 0 Å². The Bertz CT molecular complexity index is 585. The molecule has 0 saturated heterocycles. The molecule has 0 bridgehead atoms. The molecule has 0 aromatic heterocycles. The summed E-state index contributed by atoms with van der Waals surface area (Å²) in [7, 11) is 0. The Hall–Kier alpha value is -1.16. The summed E-state index contributed by atoms with van der Waals surface area (Å²) in [6, 6.07) is 7.13. The molecule has 2 aromatic carbocycles. The summed E-state index contributed by atoms with van der Waals surface area (Å²) < 4.78 is 26.7. The maximum atomic E-state index is 13.6. The molecule has 0 aliphatic carbocycles. The lowest BCUT2D eigenvalue weighted by Gasteiger charge is -2.15. The minimum absolute atomic E-state index is 0.0409. The van der Waals surface area contributed by atoms with Crippen LogP contribution in [0.1, 0.15) is 17.2 Å². The van der Waals surface area contributed by atoms with Crippen LogP contribution in [0.25, 0.3) is 0 Å². The molecule has 0 heterocycles. The first-order valence-corrected chi connectivity index (χ1v) is 5.90. The number of nitrogens with two attached hydrogens (primary N) is 1. The third kappa shape index (κ3) is 2.48. The molecule has 1 unspecified atom stereocenters. The Kier molecular flexibility index (Phi) is 3.85. The van der Waals surface area contributed by atoms with Crippen molar-refractivity contribution in [3.05, 3.63) is 69.2 Å². The van der Waals surface area contributed by atoms with Crippen molar-refractivity contribution >= 4 is 23.2 Å². The molecular formula is C13H9Cl2F2N. The second kappa shape index (κ2) is 5.22. The molecule has 94 valence electrons. The molecule has 2 rings (SSSR count). The summed E-state index contributed by atoms with van der Waals surface area (Å²) in [6.07, 6.45) is 0. The molecule has 2 aromatic rings. The molecule has 0 amide bonds. The van der Waals surface area contributed by atoms with Gasteiger partial charge < -0.3 is 5.73 Å². The lowest BCUT2D eigenvalue weighted by atomic mass is 9.99. The normalized spacial score (nSPS) is 12.5. The summed E-state index contributed by atoms with van der Waals surface area (Å²) in [6.45, 7) is 0. The van der Waals surface area contributed by atoms with Gasteiger partial charge in [-0.05, 0) is 29.8 Å². The highest BCUT2D eigenvalue weighted by Gasteiger charge is 2.18. The molecule has 1 atom stereocenters. The quantitative estimate of drug-likeness (QED) is 0.875. The molecule has 0 aliphatic rings. The highest BCUT2D eigenvalue weighted by molar-refractivity contribution is 6.42. The first kappa shape index (κ1) is 13.3. The van der Waals surface area contributed by atoms with Crippen LogP contribution in [0.4, 0.5) is 8.78 Å². The van der Waals surface area contributed by atoms with Gasteiger partial charge in [-0.25, -0.2) is 8.78 Å². The average Bonchev–Trinajstić information content (AvgIpc) is 2.35. The zero-order valence-corrected chi connectivity index (χ0v) is 10.6. The first-order chi connectivity index (χ1) is 8.50. The van der Waals surface area contributed by atoms with Crippen molar-refractivity contribution in [1.82, 2.24) is 0 Å². The molecule has 0 saturated carbocycles. The van der Waals surface area contributed by atoms with Crippen LogP contribution < -0.4 is 5.73 Å². The number of benzene rings is 2. The van der Waals surface area contributed by atoms with E-state index in [2.05, 4.69) is 0 Å². The van der Waals surface area contributed by atoms with Crippen LogP contribution in [0.2, 0.25) is 10.0 Å². The first-order valence-electron chi connectivity index (χ1n) is 5.15. The van der Waals surface area contributed by atoms with Crippen molar-refractivity contribution < 1.29 is 8.78 Å². The lowest BCUT2D eigenvalue weighted by Crippen LogP contribution is -2.14. The summed E-state index contributed by atoms with van der Waals surface area (Å²) in [5.41, 5.74) is 6.40. The average molecular weight is 288 g/mol. The van der Waals surface area contributed by atoms with Crippen LogP contribution >= 0.6 is 23.2 Å². The van der Waals surface area contributed by atoms with E-state index in [1.54, 1.807) is 18.2 Å². The predicted octanol–water partition coefficient (Wildman–Crippen LogP) is 4.32. The Labute approximate surface area is 113 Å². The maximum Gasteiger partial charge on any atom is 0.128 e. The van der Waals surface area contributed by atoms with Crippen LogP contribution in [0.15, 0.2) is 36.4 Å². The molecule has 0 radical (unpaired) electrons. The molecular weight excluding hydrogens is 279 g/mol. The highest BCUT2D eigenvalue weighted by atomic mass is 35.5. The molecule has 0 spiro atoms. The van der Waals surface area contributed by atoms with E-state index in [4.69, 9.17) is 28.9 Å². The van der Waals surface area contributed by atoms with Crippen LogP contribution in [0.5, 0.6) is 0 Å². The van der Waals surface area contributed by atoms with Crippen molar-refractivity contribution in [2.24, 2.45) is 5.73 Å². The van der Waals surface area contributed by atoms with E-state index in [1.807, 2.05) is 0 Å². The standard InChI is InChI=1S/C13H9Cl2F2N/c14-10-3-1-2-8(12(10)15)13(18)9-6-7(16)4-5-11(9)17/h1-6,13H,18H2. The molecule has 0 fully saturated rings. The molecule has 5 heteroatoms. The van der Waals surface area contributed by atoms with E-state index in [0.29, 0.717) is 10.6 Å². The minimum Gasteiger partial charge on any atom is -0.320 e. The van der Waals surface area contributed by atoms with E-state index in [1.165, 1.54) is 0 Å². The maximum absolute atomic E-state index is 13.6. The number of halogens is 4. The largest absolute Gasteiger partial charge is 0.320 e. The Morgan fingerprint density at radius 1 is 1.00 bits per heavy atom. The number of hydrogen-bond acceptors (Lipinski definition) is 1. The molecule has 2 N–H and O–H groups in total. The molecule has 0 aliphatic heterocycles. The smallest absolute Gasteiger partial charge is 0.128 e. The summed E-state index contributed by atoms with van der Waals surface area (Å²) in [5.74, 6) is -1.14. The van der Waals surface area contributed by atoms with E-state index in [9.17, 15) is 8.78 Å². The van der Waals surface area contributed by atoms with Crippen molar-refractivity contribution in [2.45, 2.75) is 6.04 Å². The monoisotopic (exact) mass is 287 g/mol. The second-order valence-electron chi connectivity index (χ2n) is 3.79. The van der Waals surface area contributed by atoms with Gasteiger partial charge in [0.05, 0.1) is 16.1 Å². The Balaban J connectivity index is 2.51. The van der Waals surface area contributed by atoms with E-state index >= 15 is 0 Å².